The fourth-order valence-corrected chi connectivity index (χ4v) is 4.19. The number of hydrogen-bond donors (Lipinski definition) is 2. The standard InChI is InChI=1S/C28H34ClN3O4/c1-7-19-11-9-12-20(16-19)24(25(33)31-23-17(2)10-8-13-22(23)29)32(21-14-15-21)26(34)18(3)30-27(35)36-28(4,5)6/h7-13,16,18,21,24H,1,14-15H2,2-6H3,(H,30,35)(H,31,33). The number of anilines is 1. The van der Waals surface area contributed by atoms with Crippen LogP contribution < -0.4 is 10.6 Å². The highest BCUT2D eigenvalue weighted by Crippen LogP contribution is 2.37. The number of halogens is 1. The Morgan fingerprint density at radius 2 is 1.83 bits per heavy atom. The number of hydrogen-bond acceptors (Lipinski definition) is 4. The summed E-state index contributed by atoms with van der Waals surface area (Å²) in [5, 5.41) is 5.96. The smallest absolute Gasteiger partial charge is 0.408 e. The van der Waals surface area contributed by atoms with Gasteiger partial charge in [-0.2, -0.15) is 0 Å². The van der Waals surface area contributed by atoms with Crippen LogP contribution in [0.15, 0.2) is 49.0 Å². The molecule has 1 aliphatic rings. The number of rotatable bonds is 8. The molecule has 2 unspecified atom stereocenters. The van der Waals surface area contributed by atoms with Crippen LogP contribution in [0.1, 0.15) is 63.3 Å². The first-order chi connectivity index (χ1) is 16.9. The number of alkyl carbamates (subject to hydrolysis) is 1. The molecule has 3 rings (SSSR count). The van der Waals surface area contributed by atoms with Crippen LogP contribution in [0.4, 0.5) is 10.5 Å². The molecule has 8 heteroatoms. The van der Waals surface area contributed by atoms with Crippen molar-refractivity contribution in [2.75, 3.05) is 5.32 Å². The highest BCUT2D eigenvalue weighted by Gasteiger charge is 2.43. The Morgan fingerprint density at radius 3 is 2.42 bits per heavy atom. The first-order valence-electron chi connectivity index (χ1n) is 12.0. The number of carbonyl (C=O) groups excluding carboxylic acids is 3. The second-order valence-electron chi connectivity index (χ2n) is 10.0. The van der Waals surface area contributed by atoms with Gasteiger partial charge < -0.3 is 20.3 Å². The van der Waals surface area contributed by atoms with E-state index in [2.05, 4.69) is 17.2 Å². The van der Waals surface area contributed by atoms with Crippen LogP contribution in [0.2, 0.25) is 5.02 Å². The van der Waals surface area contributed by atoms with Gasteiger partial charge in [-0.3, -0.25) is 9.59 Å². The van der Waals surface area contributed by atoms with Crippen LogP contribution in [0.5, 0.6) is 0 Å². The lowest BCUT2D eigenvalue weighted by Gasteiger charge is -2.34. The molecular weight excluding hydrogens is 478 g/mol. The van der Waals surface area contributed by atoms with E-state index in [0.717, 1.165) is 24.0 Å². The molecule has 1 aliphatic carbocycles. The number of aryl methyl sites for hydroxylation is 1. The lowest BCUT2D eigenvalue weighted by atomic mass is 10.00. The largest absolute Gasteiger partial charge is 0.444 e. The Morgan fingerprint density at radius 1 is 1.17 bits per heavy atom. The second-order valence-corrected chi connectivity index (χ2v) is 10.4. The Balaban J connectivity index is 1.97. The van der Waals surface area contributed by atoms with Gasteiger partial charge in [0.25, 0.3) is 5.91 Å². The van der Waals surface area contributed by atoms with Crippen LogP contribution in [0.25, 0.3) is 6.08 Å². The van der Waals surface area contributed by atoms with Crippen molar-refractivity contribution in [3.63, 3.8) is 0 Å². The molecule has 0 saturated heterocycles. The molecule has 2 atom stereocenters. The fraction of sp³-hybridized carbons (Fsp3) is 0.393. The number of amides is 3. The highest BCUT2D eigenvalue weighted by molar-refractivity contribution is 6.34. The van der Waals surface area contributed by atoms with Crippen molar-refractivity contribution in [2.24, 2.45) is 0 Å². The van der Waals surface area contributed by atoms with Gasteiger partial charge in [0.15, 0.2) is 0 Å². The first-order valence-corrected chi connectivity index (χ1v) is 12.4. The van der Waals surface area contributed by atoms with Gasteiger partial charge in [0.05, 0.1) is 10.7 Å². The molecule has 2 N–H and O–H groups in total. The zero-order valence-electron chi connectivity index (χ0n) is 21.4. The third-order valence-corrected chi connectivity index (χ3v) is 6.07. The molecule has 192 valence electrons. The molecule has 7 nitrogen and oxygen atoms in total. The van der Waals surface area contributed by atoms with Crippen molar-refractivity contribution in [1.29, 1.82) is 0 Å². The van der Waals surface area contributed by atoms with Crippen molar-refractivity contribution >= 4 is 41.3 Å². The molecule has 0 heterocycles. The molecule has 0 radical (unpaired) electrons. The number of carbonyl (C=O) groups is 3. The normalized spacial score (nSPS) is 14.8. The van der Waals surface area contributed by atoms with Crippen molar-refractivity contribution in [3.8, 4) is 0 Å². The quantitative estimate of drug-likeness (QED) is 0.463. The Labute approximate surface area is 217 Å². The van der Waals surface area contributed by atoms with Gasteiger partial charge in [-0.1, -0.05) is 54.6 Å². The zero-order valence-corrected chi connectivity index (χ0v) is 22.2. The summed E-state index contributed by atoms with van der Waals surface area (Å²) in [4.78, 5) is 41.5. The van der Waals surface area contributed by atoms with Crippen LogP contribution in [0, 0.1) is 6.92 Å². The SMILES string of the molecule is C=Cc1cccc(C(C(=O)Nc2c(C)cccc2Cl)N(C(=O)C(C)NC(=O)OC(C)(C)C)C2CC2)c1. The topological polar surface area (TPSA) is 87.7 Å². The molecule has 0 spiro atoms. The van der Waals surface area contributed by atoms with E-state index in [-0.39, 0.29) is 11.9 Å². The van der Waals surface area contributed by atoms with E-state index in [0.29, 0.717) is 16.3 Å². The Kier molecular flexibility index (Phi) is 8.46. The first kappa shape index (κ1) is 27.3. The van der Waals surface area contributed by atoms with Gasteiger partial charge in [0.2, 0.25) is 5.91 Å². The number of nitrogens with zero attached hydrogens (tertiary/aromatic N) is 1. The zero-order chi connectivity index (χ0) is 26.6. The number of ether oxygens (including phenoxy) is 1. The highest BCUT2D eigenvalue weighted by atomic mass is 35.5. The van der Waals surface area contributed by atoms with Crippen molar-refractivity contribution in [1.82, 2.24) is 10.2 Å². The van der Waals surface area contributed by atoms with Gasteiger partial charge in [-0.15, -0.1) is 0 Å². The minimum atomic E-state index is -0.941. The van der Waals surface area contributed by atoms with E-state index < -0.39 is 29.7 Å². The summed E-state index contributed by atoms with van der Waals surface area (Å²) < 4.78 is 5.32. The van der Waals surface area contributed by atoms with Crippen molar-refractivity contribution in [3.05, 3.63) is 70.8 Å². The lowest BCUT2D eigenvalue weighted by Crippen LogP contribution is -2.52. The predicted octanol–water partition coefficient (Wildman–Crippen LogP) is 5.88. The van der Waals surface area contributed by atoms with Crippen molar-refractivity contribution < 1.29 is 19.1 Å². The Hall–Kier alpha value is -3.32. The monoisotopic (exact) mass is 511 g/mol. The second kappa shape index (κ2) is 11.2. The third kappa shape index (κ3) is 6.88. The average molecular weight is 512 g/mol. The summed E-state index contributed by atoms with van der Waals surface area (Å²) in [5.74, 6) is -0.763. The summed E-state index contributed by atoms with van der Waals surface area (Å²) >= 11 is 6.38. The maximum absolute atomic E-state index is 13.8. The maximum atomic E-state index is 13.8. The molecule has 2 aromatic rings. The molecule has 0 aromatic heterocycles. The number of nitrogens with one attached hydrogen (secondary N) is 2. The summed E-state index contributed by atoms with van der Waals surface area (Å²) in [6.07, 6.45) is 2.52. The summed E-state index contributed by atoms with van der Waals surface area (Å²) in [6, 6.07) is 10.7. The van der Waals surface area contributed by atoms with Gasteiger partial charge in [0.1, 0.15) is 17.7 Å². The molecule has 3 amide bonds. The van der Waals surface area contributed by atoms with Crippen LogP contribution in [-0.2, 0) is 14.3 Å². The lowest BCUT2D eigenvalue weighted by molar-refractivity contribution is -0.141. The van der Waals surface area contributed by atoms with Gasteiger partial charge in [0, 0.05) is 6.04 Å². The van der Waals surface area contributed by atoms with Crippen LogP contribution in [0.3, 0.4) is 0 Å². The van der Waals surface area contributed by atoms with E-state index in [1.165, 1.54) is 0 Å². The van der Waals surface area contributed by atoms with Crippen LogP contribution >= 0.6 is 11.6 Å². The Bertz CT molecular complexity index is 1130. The van der Waals surface area contributed by atoms with Gasteiger partial charge in [-0.25, -0.2) is 4.79 Å². The summed E-state index contributed by atoms with van der Waals surface area (Å²) in [6.45, 7) is 12.5. The molecule has 0 aliphatic heterocycles. The van der Waals surface area contributed by atoms with E-state index in [9.17, 15) is 14.4 Å². The molecule has 0 bridgehead atoms. The molecule has 2 aromatic carbocycles. The molecule has 36 heavy (non-hydrogen) atoms. The maximum Gasteiger partial charge on any atom is 0.408 e. The average Bonchev–Trinajstić information content (AvgIpc) is 3.63. The van der Waals surface area contributed by atoms with E-state index in [1.807, 2.05) is 43.3 Å². The van der Waals surface area contributed by atoms with Crippen LogP contribution in [-0.4, -0.2) is 40.5 Å². The van der Waals surface area contributed by atoms with Crippen molar-refractivity contribution in [2.45, 2.75) is 71.2 Å². The summed E-state index contributed by atoms with van der Waals surface area (Å²) in [5.41, 5.74) is 2.06. The number of benzene rings is 2. The van der Waals surface area contributed by atoms with E-state index in [4.69, 9.17) is 16.3 Å². The third-order valence-electron chi connectivity index (χ3n) is 5.76. The molecular formula is C28H34ClN3O4. The van der Waals surface area contributed by atoms with Gasteiger partial charge >= 0.3 is 6.09 Å². The molecule has 1 fully saturated rings. The van der Waals surface area contributed by atoms with Gasteiger partial charge in [-0.05, 0) is 76.3 Å². The van der Waals surface area contributed by atoms with E-state index in [1.54, 1.807) is 44.7 Å². The summed E-state index contributed by atoms with van der Waals surface area (Å²) in [7, 11) is 0. The fourth-order valence-electron chi connectivity index (χ4n) is 3.92. The minimum absolute atomic E-state index is 0.129. The number of para-hydroxylation sites is 1. The predicted molar refractivity (Wildman–Crippen MR) is 143 cm³/mol. The molecule has 1 saturated carbocycles. The minimum Gasteiger partial charge on any atom is -0.444 e. The van der Waals surface area contributed by atoms with E-state index >= 15 is 0 Å².